The molecule has 5 rings (SSSR count). The monoisotopic (exact) mass is 375 g/mol. The normalized spacial score (nSPS) is 15.4. The van der Waals surface area contributed by atoms with Crippen LogP contribution in [0.4, 0.5) is 10.6 Å². The molecule has 2 aromatic carbocycles. The number of para-hydroxylation sites is 1. The van der Waals surface area contributed by atoms with Gasteiger partial charge in [0.25, 0.3) is 0 Å². The molecule has 1 aliphatic rings. The van der Waals surface area contributed by atoms with E-state index in [0.29, 0.717) is 24.5 Å². The van der Waals surface area contributed by atoms with Crippen molar-refractivity contribution >= 4 is 33.7 Å². The Hall–Kier alpha value is -3.32. The second kappa shape index (κ2) is 7.01. The fraction of sp³-hybridized carbons (Fsp3) is 0.238. The van der Waals surface area contributed by atoms with Crippen LogP contribution in [-0.4, -0.2) is 52.2 Å². The average molecular weight is 375 g/mol. The number of piperazine rings is 1. The first-order valence-corrected chi connectivity index (χ1v) is 9.45. The van der Waals surface area contributed by atoms with Crippen LogP contribution in [0.15, 0.2) is 59.3 Å². The molecule has 4 aromatic rings. The molecule has 0 spiro atoms. The molecule has 2 N–H and O–H groups in total. The van der Waals surface area contributed by atoms with Crippen molar-refractivity contribution in [2.75, 3.05) is 31.5 Å². The number of amides is 2. The predicted molar refractivity (Wildman–Crippen MR) is 108 cm³/mol. The van der Waals surface area contributed by atoms with Gasteiger partial charge in [0.2, 0.25) is 0 Å². The number of carbonyl (C=O) groups is 1. The molecule has 3 heterocycles. The number of benzene rings is 2. The van der Waals surface area contributed by atoms with Crippen molar-refractivity contribution in [2.45, 2.75) is 6.54 Å². The summed E-state index contributed by atoms with van der Waals surface area (Å²) in [4.78, 5) is 20.0. The number of hydrogen-bond acceptors (Lipinski definition) is 4. The number of rotatable bonds is 3. The third-order valence-electron chi connectivity index (χ3n) is 5.29. The number of anilines is 1. The van der Waals surface area contributed by atoms with Crippen molar-refractivity contribution in [3.05, 3.63) is 60.3 Å². The Balaban J connectivity index is 1.19. The van der Waals surface area contributed by atoms with Crippen LogP contribution >= 0.6 is 0 Å². The van der Waals surface area contributed by atoms with Gasteiger partial charge in [-0.25, -0.2) is 4.79 Å². The van der Waals surface area contributed by atoms with E-state index in [4.69, 9.17) is 4.52 Å². The van der Waals surface area contributed by atoms with Crippen molar-refractivity contribution in [1.82, 2.24) is 19.9 Å². The lowest BCUT2D eigenvalue weighted by Gasteiger charge is -2.34. The van der Waals surface area contributed by atoms with E-state index in [2.05, 4.69) is 44.6 Å². The summed E-state index contributed by atoms with van der Waals surface area (Å²) in [7, 11) is 0. The van der Waals surface area contributed by atoms with Gasteiger partial charge in [0.1, 0.15) is 0 Å². The van der Waals surface area contributed by atoms with Gasteiger partial charge in [0.05, 0.1) is 5.39 Å². The quantitative estimate of drug-likeness (QED) is 0.573. The highest BCUT2D eigenvalue weighted by molar-refractivity contribution is 5.98. The van der Waals surface area contributed by atoms with Gasteiger partial charge >= 0.3 is 6.03 Å². The Bertz CT molecular complexity index is 1120. The van der Waals surface area contributed by atoms with Crippen LogP contribution in [0, 0.1) is 0 Å². The zero-order valence-corrected chi connectivity index (χ0v) is 15.4. The van der Waals surface area contributed by atoms with Crippen molar-refractivity contribution in [2.24, 2.45) is 0 Å². The minimum Gasteiger partial charge on any atom is -0.361 e. The van der Waals surface area contributed by atoms with Gasteiger partial charge in [-0.05, 0) is 41.3 Å². The summed E-state index contributed by atoms with van der Waals surface area (Å²) in [5, 5.41) is 8.90. The summed E-state index contributed by atoms with van der Waals surface area (Å²) in [5.74, 6) is 0.475. The molecule has 1 saturated heterocycles. The number of aromatic nitrogens is 2. The molecule has 0 saturated carbocycles. The van der Waals surface area contributed by atoms with Crippen molar-refractivity contribution < 1.29 is 9.32 Å². The molecule has 1 fully saturated rings. The van der Waals surface area contributed by atoms with Crippen LogP contribution in [0.25, 0.3) is 21.9 Å². The first-order chi connectivity index (χ1) is 13.8. The Morgan fingerprint density at radius 2 is 1.96 bits per heavy atom. The van der Waals surface area contributed by atoms with Gasteiger partial charge < -0.3 is 14.4 Å². The highest BCUT2D eigenvalue weighted by Gasteiger charge is 2.22. The minimum atomic E-state index is -0.132. The molecule has 2 amide bonds. The fourth-order valence-corrected chi connectivity index (χ4v) is 3.72. The largest absolute Gasteiger partial charge is 0.361 e. The van der Waals surface area contributed by atoms with Crippen LogP contribution in [0.2, 0.25) is 0 Å². The molecule has 28 heavy (non-hydrogen) atoms. The number of nitrogens with one attached hydrogen (secondary N) is 2. The minimum absolute atomic E-state index is 0.132. The van der Waals surface area contributed by atoms with Crippen molar-refractivity contribution in [1.29, 1.82) is 0 Å². The third-order valence-corrected chi connectivity index (χ3v) is 5.29. The fourth-order valence-electron chi connectivity index (χ4n) is 3.72. The molecule has 0 radical (unpaired) electrons. The molecule has 0 unspecified atom stereocenters. The lowest BCUT2D eigenvalue weighted by molar-refractivity contribution is 0.143. The maximum atomic E-state index is 12.6. The van der Waals surface area contributed by atoms with E-state index in [9.17, 15) is 4.79 Å². The van der Waals surface area contributed by atoms with Gasteiger partial charge in [-0.2, -0.15) is 0 Å². The van der Waals surface area contributed by atoms with E-state index in [1.807, 2.05) is 35.4 Å². The summed E-state index contributed by atoms with van der Waals surface area (Å²) < 4.78 is 5.25. The molecule has 0 bridgehead atoms. The summed E-state index contributed by atoms with van der Waals surface area (Å²) >= 11 is 0. The summed E-state index contributed by atoms with van der Waals surface area (Å²) in [5.41, 5.74) is 3.12. The zero-order chi connectivity index (χ0) is 18.9. The van der Waals surface area contributed by atoms with Gasteiger partial charge in [-0.3, -0.25) is 10.2 Å². The van der Waals surface area contributed by atoms with E-state index >= 15 is 0 Å². The molecular weight excluding hydrogens is 354 g/mol. The molecule has 1 aliphatic heterocycles. The maximum absolute atomic E-state index is 12.6. The van der Waals surface area contributed by atoms with E-state index < -0.39 is 0 Å². The average Bonchev–Trinajstić information content (AvgIpc) is 3.35. The topological polar surface area (TPSA) is 77.4 Å². The number of H-pyrrole nitrogens is 1. The van der Waals surface area contributed by atoms with Crippen molar-refractivity contribution in [3.63, 3.8) is 0 Å². The molecular formula is C21H21N5O2. The van der Waals surface area contributed by atoms with Gasteiger partial charge in [-0.1, -0.05) is 23.4 Å². The van der Waals surface area contributed by atoms with Gasteiger partial charge in [-0.15, -0.1) is 0 Å². The zero-order valence-electron chi connectivity index (χ0n) is 15.4. The number of aromatic amines is 1. The molecule has 2 aromatic heterocycles. The number of fused-ring (bicyclic) bond motifs is 2. The lowest BCUT2D eigenvalue weighted by Crippen LogP contribution is -2.49. The number of urea groups is 1. The van der Waals surface area contributed by atoms with Crippen molar-refractivity contribution in [3.8, 4) is 0 Å². The van der Waals surface area contributed by atoms with Crippen LogP contribution in [0.1, 0.15) is 5.56 Å². The van der Waals surface area contributed by atoms with Crippen LogP contribution in [-0.2, 0) is 6.54 Å². The summed E-state index contributed by atoms with van der Waals surface area (Å²) in [6.45, 7) is 3.96. The molecule has 142 valence electrons. The Morgan fingerprint density at radius 3 is 2.86 bits per heavy atom. The van der Waals surface area contributed by atoms with E-state index in [1.54, 1.807) is 0 Å². The first kappa shape index (κ1) is 16.8. The van der Waals surface area contributed by atoms with Crippen LogP contribution in [0.5, 0.6) is 0 Å². The first-order valence-electron chi connectivity index (χ1n) is 9.45. The standard InChI is InChI=1S/C21H21N5O2/c27-21(23-20-17-3-1-2-4-19(17)28-24-20)26-11-9-25(10-12-26)14-15-5-6-18-16(13-15)7-8-22-18/h1-8,13,22H,9-12,14H2,(H,23,24,27). The number of carbonyl (C=O) groups excluding carboxylic acids is 1. The van der Waals surface area contributed by atoms with Crippen LogP contribution < -0.4 is 5.32 Å². The Morgan fingerprint density at radius 1 is 1.11 bits per heavy atom. The molecule has 0 atom stereocenters. The summed E-state index contributed by atoms with van der Waals surface area (Å²) in [6.07, 6.45) is 1.96. The second-order valence-electron chi connectivity index (χ2n) is 7.12. The Kier molecular flexibility index (Phi) is 4.21. The second-order valence-corrected chi connectivity index (χ2v) is 7.12. The van der Waals surface area contributed by atoms with Gasteiger partial charge in [0, 0.05) is 44.4 Å². The molecule has 7 heteroatoms. The number of nitrogens with zero attached hydrogens (tertiary/aromatic N) is 3. The number of hydrogen-bond donors (Lipinski definition) is 2. The van der Waals surface area contributed by atoms with Gasteiger partial charge in [0.15, 0.2) is 11.4 Å². The maximum Gasteiger partial charge on any atom is 0.323 e. The molecule has 0 aliphatic carbocycles. The van der Waals surface area contributed by atoms with E-state index in [1.165, 1.54) is 10.9 Å². The highest BCUT2D eigenvalue weighted by atomic mass is 16.5. The predicted octanol–water partition coefficient (Wildman–Crippen LogP) is 3.66. The SMILES string of the molecule is O=C(Nc1noc2ccccc12)N1CCN(Cc2ccc3[nH]ccc3c2)CC1. The summed E-state index contributed by atoms with van der Waals surface area (Å²) in [6, 6.07) is 16.0. The lowest BCUT2D eigenvalue weighted by atomic mass is 10.1. The smallest absolute Gasteiger partial charge is 0.323 e. The third kappa shape index (κ3) is 3.20. The highest BCUT2D eigenvalue weighted by Crippen LogP contribution is 2.22. The van der Waals surface area contributed by atoms with E-state index in [-0.39, 0.29) is 6.03 Å². The molecule has 7 nitrogen and oxygen atoms in total. The van der Waals surface area contributed by atoms with Crippen LogP contribution in [0.3, 0.4) is 0 Å². The van der Waals surface area contributed by atoms with E-state index in [0.717, 1.165) is 30.5 Å². The Labute approximate surface area is 161 Å².